The van der Waals surface area contributed by atoms with E-state index in [1.807, 2.05) is 12.1 Å². The van der Waals surface area contributed by atoms with Crippen LogP contribution in [0.4, 0.5) is 4.39 Å². The molecule has 134 valence electrons. The predicted octanol–water partition coefficient (Wildman–Crippen LogP) is 5.42. The number of hydrogen-bond acceptors (Lipinski definition) is 2. The molecule has 0 bridgehead atoms. The highest BCUT2D eigenvalue weighted by Gasteiger charge is 2.14. The van der Waals surface area contributed by atoms with Crippen molar-refractivity contribution in [2.24, 2.45) is 0 Å². The summed E-state index contributed by atoms with van der Waals surface area (Å²) in [7, 11) is 0. The third kappa shape index (κ3) is 3.46. The van der Waals surface area contributed by atoms with E-state index in [0.29, 0.717) is 33.2 Å². The van der Waals surface area contributed by atoms with Gasteiger partial charge in [0, 0.05) is 16.8 Å². The number of nitrogens with zero attached hydrogens (tertiary/aromatic N) is 2. The van der Waals surface area contributed by atoms with Crippen LogP contribution in [0, 0.1) is 5.82 Å². The minimum atomic E-state index is -0.297. The molecule has 0 saturated heterocycles. The van der Waals surface area contributed by atoms with Crippen molar-refractivity contribution >= 4 is 34.0 Å². The van der Waals surface area contributed by atoms with Crippen LogP contribution in [-0.2, 0) is 6.42 Å². The maximum atomic E-state index is 13.2. The number of fused-ring (bicyclic) bond motifs is 1. The van der Waals surface area contributed by atoms with Crippen molar-refractivity contribution in [1.82, 2.24) is 9.78 Å². The van der Waals surface area contributed by atoms with Gasteiger partial charge in [-0.25, -0.2) is 4.39 Å². The molecule has 0 aliphatic heterocycles. The largest absolute Gasteiger partial charge is 0.279 e. The number of rotatable bonds is 3. The number of hydrogen-bond donors (Lipinski definition) is 0. The smallest absolute Gasteiger partial charge is 0.267 e. The zero-order chi connectivity index (χ0) is 19.0. The minimum Gasteiger partial charge on any atom is -0.267 e. The Morgan fingerprint density at radius 1 is 0.926 bits per heavy atom. The lowest BCUT2D eigenvalue weighted by atomic mass is 10.0. The van der Waals surface area contributed by atoms with E-state index in [9.17, 15) is 9.18 Å². The van der Waals surface area contributed by atoms with E-state index in [-0.39, 0.29) is 11.4 Å². The highest BCUT2D eigenvalue weighted by molar-refractivity contribution is 6.35. The van der Waals surface area contributed by atoms with Crippen LogP contribution in [0.25, 0.3) is 16.5 Å². The first-order valence-corrected chi connectivity index (χ1v) is 8.99. The molecule has 0 spiro atoms. The van der Waals surface area contributed by atoms with Crippen LogP contribution in [0.3, 0.4) is 0 Å². The normalized spacial score (nSPS) is 11.1. The van der Waals surface area contributed by atoms with Crippen molar-refractivity contribution in [2.45, 2.75) is 6.42 Å². The van der Waals surface area contributed by atoms with Gasteiger partial charge in [-0.15, -0.1) is 0 Å². The first-order valence-electron chi connectivity index (χ1n) is 8.24. The SMILES string of the molecule is O=c1c2ccccc2c(Cc2ccc(F)cc2)nn1-c1ccc(Cl)cc1Cl. The fourth-order valence-corrected chi connectivity index (χ4v) is 3.49. The van der Waals surface area contributed by atoms with Gasteiger partial charge in [-0.1, -0.05) is 53.5 Å². The fourth-order valence-electron chi connectivity index (χ4n) is 3.00. The lowest BCUT2D eigenvalue weighted by Crippen LogP contribution is -2.23. The third-order valence-electron chi connectivity index (χ3n) is 4.30. The Morgan fingerprint density at radius 2 is 1.63 bits per heavy atom. The molecule has 3 aromatic carbocycles. The lowest BCUT2D eigenvalue weighted by Gasteiger charge is -2.12. The van der Waals surface area contributed by atoms with Gasteiger partial charge in [0.1, 0.15) is 5.82 Å². The highest BCUT2D eigenvalue weighted by atomic mass is 35.5. The molecule has 1 aromatic heterocycles. The quantitative estimate of drug-likeness (QED) is 0.461. The summed E-state index contributed by atoms with van der Waals surface area (Å²) in [5, 5.41) is 6.67. The van der Waals surface area contributed by atoms with Crippen molar-refractivity contribution in [3.63, 3.8) is 0 Å². The van der Waals surface area contributed by atoms with E-state index in [4.69, 9.17) is 23.2 Å². The van der Waals surface area contributed by atoms with Crippen LogP contribution in [-0.4, -0.2) is 9.78 Å². The summed E-state index contributed by atoms with van der Waals surface area (Å²) in [6.45, 7) is 0. The summed E-state index contributed by atoms with van der Waals surface area (Å²) < 4.78 is 14.5. The van der Waals surface area contributed by atoms with Gasteiger partial charge in [0.2, 0.25) is 0 Å². The summed E-state index contributed by atoms with van der Waals surface area (Å²) >= 11 is 12.3. The molecule has 0 saturated carbocycles. The van der Waals surface area contributed by atoms with E-state index < -0.39 is 0 Å². The highest BCUT2D eigenvalue weighted by Crippen LogP contribution is 2.25. The van der Waals surface area contributed by atoms with E-state index >= 15 is 0 Å². The molecule has 4 rings (SSSR count). The van der Waals surface area contributed by atoms with E-state index in [1.165, 1.54) is 16.8 Å². The maximum absolute atomic E-state index is 13.2. The molecular weight excluding hydrogens is 386 g/mol. The topological polar surface area (TPSA) is 34.9 Å². The van der Waals surface area contributed by atoms with Crippen molar-refractivity contribution in [3.8, 4) is 5.69 Å². The lowest BCUT2D eigenvalue weighted by molar-refractivity contribution is 0.627. The van der Waals surface area contributed by atoms with Gasteiger partial charge in [0.05, 0.1) is 21.8 Å². The number of halogens is 3. The molecule has 0 N–H and O–H groups in total. The van der Waals surface area contributed by atoms with Crippen LogP contribution in [0.1, 0.15) is 11.3 Å². The zero-order valence-electron chi connectivity index (χ0n) is 14.0. The molecule has 6 heteroatoms. The first-order chi connectivity index (χ1) is 13.0. The van der Waals surface area contributed by atoms with Crippen LogP contribution in [0.2, 0.25) is 10.0 Å². The second kappa shape index (κ2) is 7.14. The van der Waals surface area contributed by atoms with Gasteiger partial charge in [-0.3, -0.25) is 4.79 Å². The average molecular weight is 399 g/mol. The Labute approximate surface area is 164 Å². The van der Waals surface area contributed by atoms with Crippen molar-refractivity contribution < 1.29 is 4.39 Å². The molecule has 0 unspecified atom stereocenters. The van der Waals surface area contributed by atoms with Gasteiger partial charge in [-0.05, 0) is 42.0 Å². The molecule has 27 heavy (non-hydrogen) atoms. The van der Waals surface area contributed by atoms with Crippen LogP contribution in [0.5, 0.6) is 0 Å². The van der Waals surface area contributed by atoms with Crippen molar-refractivity contribution in [2.75, 3.05) is 0 Å². The average Bonchev–Trinajstić information content (AvgIpc) is 2.66. The van der Waals surface area contributed by atoms with E-state index in [0.717, 1.165) is 10.9 Å². The van der Waals surface area contributed by atoms with Crippen molar-refractivity contribution in [3.05, 3.63) is 104 Å². The number of benzene rings is 3. The summed E-state index contributed by atoms with van der Waals surface area (Å²) in [4.78, 5) is 13.0. The molecule has 4 aromatic rings. The maximum Gasteiger partial charge on any atom is 0.279 e. The summed E-state index contributed by atoms with van der Waals surface area (Å²) in [6, 6.07) is 18.4. The van der Waals surface area contributed by atoms with Gasteiger partial charge >= 0.3 is 0 Å². The third-order valence-corrected chi connectivity index (χ3v) is 4.84. The second-order valence-electron chi connectivity index (χ2n) is 6.11. The van der Waals surface area contributed by atoms with Gasteiger partial charge in [0.25, 0.3) is 5.56 Å². The Bertz CT molecular complexity index is 1200. The molecule has 0 atom stereocenters. The Kier molecular flexibility index (Phi) is 4.68. The first kappa shape index (κ1) is 17.7. The standard InChI is InChI=1S/C21H13Cl2FN2O/c22-14-7-10-20(18(23)12-14)26-21(27)17-4-2-1-3-16(17)19(25-26)11-13-5-8-15(24)9-6-13/h1-10,12H,11H2. The molecule has 3 nitrogen and oxygen atoms in total. The van der Waals surface area contributed by atoms with E-state index in [1.54, 1.807) is 42.5 Å². The molecule has 0 aliphatic carbocycles. The second-order valence-corrected chi connectivity index (χ2v) is 6.95. The Morgan fingerprint density at radius 3 is 2.33 bits per heavy atom. The fraction of sp³-hybridized carbons (Fsp3) is 0.0476. The summed E-state index contributed by atoms with van der Waals surface area (Å²) in [6.07, 6.45) is 0.451. The molecule has 0 amide bonds. The molecule has 0 fully saturated rings. The monoisotopic (exact) mass is 398 g/mol. The van der Waals surface area contributed by atoms with E-state index in [2.05, 4.69) is 5.10 Å². The van der Waals surface area contributed by atoms with Crippen LogP contribution in [0.15, 0.2) is 71.5 Å². The zero-order valence-corrected chi connectivity index (χ0v) is 15.5. The van der Waals surface area contributed by atoms with Gasteiger partial charge in [-0.2, -0.15) is 9.78 Å². The molecule has 0 aliphatic rings. The summed E-state index contributed by atoms with van der Waals surface area (Å²) in [5.41, 5.74) is 1.78. The molecule has 1 heterocycles. The van der Waals surface area contributed by atoms with Gasteiger partial charge in [0.15, 0.2) is 0 Å². The van der Waals surface area contributed by atoms with Crippen LogP contribution < -0.4 is 5.56 Å². The summed E-state index contributed by atoms with van der Waals surface area (Å²) in [5.74, 6) is -0.297. The predicted molar refractivity (Wildman–Crippen MR) is 107 cm³/mol. The van der Waals surface area contributed by atoms with Gasteiger partial charge < -0.3 is 0 Å². The van der Waals surface area contributed by atoms with Crippen molar-refractivity contribution in [1.29, 1.82) is 0 Å². The number of aromatic nitrogens is 2. The molecule has 0 radical (unpaired) electrons. The Hall–Kier alpha value is -2.69. The minimum absolute atomic E-state index is 0.266. The van der Waals surface area contributed by atoms with Crippen LogP contribution >= 0.6 is 23.2 Å². The Balaban J connectivity index is 1.94. The molecular formula is C21H13Cl2FN2O.